The number of morpholine rings is 1. The summed E-state index contributed by atoms with van der Waals surface area (Å²) < 4.78 is 8.91. The van der Waals surface area contributed by atoms with E-state index in [0.717, 1.165) is 32.9 Å². The summed E-state index contributed by atoms with van der Waals surface area (Å²) in [6.07, 6.45) is 0. The average molecular weight is 522 g/mol. The standard InChI is InChI=1S/C20H18Br2N4O3/c21-14-3-1-13(2-4-14)19(27)24-23-18-16-11-15(22)5-6-17(16)26(20(18)28)12-25-7-9-29-10-8-25/h1-6,11,28H,7-10,12H2. The molecule has 7 nitrogen and oxygen atoms in total. The summed E-state index contributed by atoms with van der Waals surface area (Å²) >= 11 is 6.80. The summed E-state index contributed by atoms with van der Waals surface area (Å²) in [5.41, 5.74) is 1.52. The monoisotopic (exact) mass is 520 g/mol. The molecule has 3 aromatic rings. The van der Waals surface area contributed by atoms with Gasteiger partial charge in [-0.15, -0.1) is 10.2 Å². The molecule has 29 heavy (non-hydrogen) atoms. The number of aromatic nitrogens is 1. The number of azo groups is 1. The highest BCUT2D eigenvalue weighted by atomic mass is 79.9. The summed E-state index contributed by atoms with van der Waals surface area (Å²) in [5.74, 6) is -0.488. The molecule has 0 aliphatic carbocycles. The fourth-order valence-electron chi connectivity index (χ4n) is 3.23. The van der Waals surface area contributed by atoms with Crippen LogP contribution in [0.4, 0.5) is 5.69 Å². The minimum absolute atomic E-state index is 0.0167. The van der Waals surface area contributed by atoms with Crippen molar-refractivity contribution in [2.24, 2.45) is 10.2 Å². The number of hydrogen-bond donors (Lipinski definition) is 1. The van der Waals surface area contributed by atoms with E-state index in [1.54, 1.807) is 28.8 Å². The molecule has 0 saturated carbocycles. The Morgan fingerprint density at radius 1 is 1.07 bits per heavy atom. The fraction of sp³-hybridized carbons (Fsp3) is 0.250. The zero-order chi connectivity index (χ0) is 20.4. The van der Waals surface area contributed by atoms with Gasteiger partial charge in [-0.2, -0.15) is 0 Å². The van der Waals surface area contributed by atoms with E-state index in [4.69, 9.17) is 4.74 Å². The average Bonchev–Trinajstić information content (AvgIpc) is 2.98. The van der Waals surface area contributed by atoms with Crippen molar-refractivity contribution >= 4 is 54.4 Å². The highest BCUT2D eigenvalue weighted by Gasteiger charge is 2.20. The first-order valence-electron chi connectivity index (χ1n) is 9.05. The van der Waals surface area contributed by atoms with Gasteiger partial charge in [0.05, 0.1) is 25.4 Å². The summed E-state index contributed by atoms with van der Waals surface area (Å²) in [6.45, 7) is 3.41. The molecule has 2 aromatic carbocycles. The number of fused-ring (bicyclic) bond motifs is 1. The largest absolute Gasteiger partial charge is 0.493 e. The Morgan fingerprint density at radius 3 is 2.48 bits per heavy atom. The van der Waals surface area contributed by atoms with Crippen LogP contribution >= 0.6 is 31.9 Å². The van der Waals surface area contributed by atoms with E-state index in [9.17, 15) is 9.90 Å². The molecule has 1 aliphatic rings. The molecule has 0 atom stereocenters. The van der Waals surface area contributed by atoms with Crippen molar-refractivity contribution in [2.45, 2.75) is 6.67 Å². The van der Waals surface area contributed by atoms with E-state index in [2.05, 4.69) is 47.0 Å². The van der Waals surface area contributed by atoms with E-state index < -0.39 is 5.91 Å². The number of halogens is 2. The Balaban J connectivity index is 1.69. The number of hydrogen-bond acceptors (Lipinski definition) is 5. The third-order valence-corrected chi connectivity index (χ3v) is 5.77. The van der Waals surface area contributed by atoms with Crippen LogP contribution in [0.1, 0.15) is 10.4 Å². The zero-order valence-electron chi connectivity index (χ0n) is 15.4. The smallest absolute Gasteiger partial charge is 0.295 e. The van der Waals surface area contributed by atoms with Gasteiger partial charge in [-0.1, -0.05) is 31.9 Å². The van der Waals surface area contributed by atoms with Gasteiger partial charge >= 0.3 is 0 Å². The molecule has 1 fully saturated rings. The quantitative estimate of drug-likeness (QED) is 0.485. The van der Waals surface area contributed by atoms with Gasteiger partial charge in [-0.3, -0.25) is 14.3 Å². The van der Waals surface area contributed by atoms with Gasteiger partial charge in [0.2, 0.25) is 5.88 Å². The Morgan fingerprint density at radius 2 is 1.76 bits per heavy atom. The minimum Gasteiger partial charge on any atom is -0.493 e. The lowest BCUT2D eigenvalue weighted by Gasteiger charge is -2.27. The molecule has 9 heteroatoms. The highest BCUT2D eigenvalue weighted by Crippen LogP contribution is 2.40. The molecule has 1 aromatic heterocycles. The number of nitrogens with zero attached hydrogens (tertiary/aromatic N) is 4. The fourth-order valence-corrected chi connectivity index (χ4v) is 3.85. The first-order chi connectivity index (χ1) is 14.0. The van der Waals surface area contributed by atoms with Crippen molar-refractivity contribution < 1.29 is 14.6 Å². The molecule has 1 amide bonds. The Labute approximate surface area is 184 Å². The molecular weight excluding hydrogens is 504 g/mol. The second kappa shape index (κ2) is 8.74. The highest BCUT2D eigenvalue weighted by molar-refractivity contribution is 9.10. The van der Waals surface area contributed by atoms with E-state index in [0.29, 0.717) is 25.4 Å². The number of benzene rings is 2. The lowest BCUT2D eigenvalue weighted by molar-refractivity contribution is 0.0231. The molecule has 0 bridgehead atoms. The van der Waals surface area contributed by atoms with Crippen LogP contribution in [0.3, 0.4) is 0 Å². The van der Waals surface area contributed by atoms with Gasteiger partial charge in [-0.05, 0) is 42.5 Å². The van der Waals surface area contributed by atoms with Gasteiger partial charge in [-0.25, -0.2) is 0 Å². The lowest BCUT2D eigenvalue weighted by atomic mass is 10.2. The molecule has 2 heterocycles. The summed E-state index contributed by atoms with van der Waals surface area (Å²) in [4.78, 5) is 14.6. The molecular formula is C20H18Br2N4O3. The van der Waals surface area contributed by atoms with E-state index >= 15 is 0 Å². The third kappa shape index (κ3) is 4.42. The summed E-state index contributed by atoms with van der Waals surface area (Å²) in [6, 6.07) is 12.6. The number of amides is 1. The van der Waals surface area contributed by atoms with Crippen molar-refractivity contribution in [3.05, 3.63) is 57.0 Å². The molecule has 150 valence electrons. The van der Waals surface area contributed by atoms with Crippen LogP contribution in [0, 0.1) is 0 Å². The van der Waals surface area contributed by atoms with Gasteiger partial charge in [0.1, 0.15) is 0 Å². The molecule has 0 radical (unpaired) electrons. The Kier molecular flexibility index (Phi) is 6.09. The maximum Gasteiger partial charge on any atom is 0.295 e. The second-order valence-corrected chi connectivity index (χ2v) is 8.48. The third-order valence-electron chi connectivity index (χ3n) is 4.75. The Bertz CT molecular complexity index is 1070. The van der Waals surface area contributed by atoms with Crippen LogP contribution in [0.15, 0.2) is 61.6 Å². The predicted molar refractivity (Wildman–Crippen MR) is 117 cm³/mol. The van der Waals surface area contributed by atoms with Crippen molar-refractivity contribution in [2.75, 3.05) is 26.3 Å². The first-order valence-corrected chi connectivity index (χ1v) is 10.6. The van der Waals surface area contributed by atoms with Crippen LogP contribution < -0.4 is 0 Å². The van der Waals surface area contributed by atoms with Crippen LogP contribution in [0.25, 0.3) is 10.9 Å². The summed E-state index contributed by atoms with van der Waals surface area (Å²) in [5, 5.41) is 19.6. The second-order valence-electron chi connectivity index (χ2n) is 6.65. The number of carbonyl (C=O) groups excluding carboxylic acids is 1. The molecule has 1 saturated heterocycles. The van der Waals surface area contributed by atoms with Crippen molar-refractivity contribution in [3.8, 4) is 5.88 Å². The molecule has 0 spiro atoms. The number of rotatable bonds is 4. The minimum atomic E-state index is -0.471. The first kappa shape index (κ1) is 20.2. The Hall–Kier alpha value is -2.07. The van der Waals surface area contributed by atoms with Gasteiger partial charge in [0, 0.05) is 33.0 Å². The van der Waals surface area contributed by atoms with E-state index in [-0.39, 0.29) is 11.6 Å². The van der Waals surface area contributed by atoms with Crippen molar-refractivity contribution in [3.63, 3.8) is 0 Å². The molecule has 0 unspecified atom stereocenters. The number of carbonyl (C=O) groups is 1. The van der Waals surface area contributed by atoms with Crippen LogP contribution in [-0.4, -0.2) is 46.8 Å². The number of aromatic hydroxyl groups is 1. The maximum absolute atomic E-state index is 12.4. The van der Waals surface area contributed by atoms with E-state index in [1.165, 1.54) is 0 Å². The zero-order valence-corrected chi connectivity index (χ0v) is 18.6. The summed E-state index contributed by atoms with van der Waals surface area (Å²) in [7, 11) is 0. The van der Waals surface area contributed by atoms with Crippen LogP contribution in [0.5, 0.6) is 5.88 Å². The van der Waals surface area contributed by atoms with Crippen molar-refractivity contribution in [1.29, 1.82) is 0 Å². The van der Waals surface area contributed by atoms with Crippen LogP contribution in [-0.2, 0) is 11.4 Å². The number of ether oxygens (including phenoxy) is 1. The van der Waals surface area contributed by atoms with Gasteiger partial charge < -0.3 is 9.84 Å². The van der Waals surface area contributed by atoms with Crippen LogP contribution in [0.2, 0.25) is 0 Å². The van der Waals surface area contributed by atoms with E-state index in [1.807, 2.05) is 18.2 Å². The van der Waals surface area contributed by atoms with Gasteiger partial charge in [0.15, 0.2) is 5.69 Å². The molecule has 4 rings (SSSR count). The normalized spacial score (nSPS) is 15.4. The van der Waals surface area contributed by atoms with Crippen molar-refractivity contribution in [1.82, 2.24) is 9.47 Å². The maximum atomic E-state index is 12.4. The topological polar surface area (TPSA) is 79.4 Å². The lowest BCUT2D eigenvalue weighted by Crippen LogP contribution is -2.37. The van der Waals surface area contributed by atoms with Gasteiger partial charge in [0.25, 0.3) is 5.91 Å². The molecule has 1 N–H and O–H groups in total. The SMILES string of the molecule is O=C(N=Nc1c(O)n(CN2CCOCC2)c2ccc(Br)cc12)c1ccc(Br)cc1. The molecule has 1 aliphatic heterocycles. The predicted octanol–water partition coefficient (Wildman–Crippen LogP) is 5.09.